The molecule has 0 bridgehead atoms. The molecule has 1 aliphatic heterocycles. The molecule has 0 spiro atoms. The molecule has 2 aromatic rings. The zero-order chi connectivity index (χ0) is 20.3. The smallest absolute Gasteiger partial charge is 0.335 e. The van der Waals surface area contributed by atoms with Crippen molar-refractivity contribution in [2.75, 3.05) is 6.54 Å². The number of carboxylic acid groups (broad SMARTS) is 1. The summed E-state index contributed by atoms with van der Waals surface area (Å²) in [5.41, 5.74) is 1.69. The highest BCUT2D eigenvalue weighted by atomic mass is 35.5. The number of rotatable bonds is 6. The largest absolute Gasteiger partial charge is 0.487 e. The molecule has 0 radical (unpaired) electrons. The zero-order valence-corrected chi connectivity index (χ0v) is 17.2. The second-order valence-corrected chi connectivity index (χ2v) is 7.99. The number of likely N-dealkylation sites (N-methyl/N-ethyl adjacent to an activating group) is 1. The van der Waals surface area contributed by atoms with Gasteiger partial charge in [-0.3, -0.25) is 9.69 Å². The van der Waals surface area contributed by atoms with Crippen LogP contribution in [0.25, 0.3) is 6.08 Å². The fourth-order valence-corrected chi connectivity index (χ4v) is 4.23. The normalized spacial score (nSPS) is 15.4. The van der Waals surface area contributed by atoms with Gasteiger partial charge in [0.2, 0.25) is 0 Å². The number of aromatic carboxylic acids is 1. The Balaban J connectivity index is 1.72. The lowest BCUT2D eigenvalue weighted by molar-refractivity contribution is -0.121. The summed E-state index contributed by atoms with van der Waals surface area (Å²) in [6, 6.07) is 11.8. The monoisotopic (exact) mass is 433 g/mol. The van der Waals surface area contributed by atoms with Crippen LogP contribution in [0, 0.1) is 0 Å². The molecule has 0 aromatic heterocycles. The number of ether oxygens (including phenoxy) is 1. The molecule has 144 valence electrons. The minimum atomic E-state index is -0.988. The predicted octanol–water partition coefficient (Wildman–Crippen LogP) is 4.84. The fourth-order valence-electron chi connectivity index (χ4n) is 2.60. The zero-order valence-electron chi connectivity index (χ0n) is 14.8. The Morgan fingerprint density at radius 2 is 2.11 bits per heavy atom. The molecule has 1 amide bonds. The summed E-state index contributed by atoms with van der Waals surface area (Å²) in [6.45, 7) is 2.61. The number of thiocarbonyl (C=S) groups is 1. The van der Waals surface area contributed by atoms with Crippen LogP contribution in [-0.4, -0.2) is 32.7 Å². The number of hydrogen-bond acceptors (Lipinski definition) is 5. The van der Waals surface area contributed by atoms with E-state index >= 15 is 0 Å². The van der Waals surface area contributed by atoms with Gasteiger partial charge in [-0.2, -0.15) is 0 Å². The Morgan fingerprint density at radius 1 is 1.32 bits per heavy atom. The van der Waals surface area contributed by atoms with E-state index in [4.69, 9.17) is 33.7 Å². The van der Waals surface area contributed by atoms with Crippen LogP contribution < -0.4 is 4.74 Å². The van der Waals surface area contributed by atoms with Crippen molar-refractivity contribution >= 4 is 57.9 Å². The maximum Gasteiger partial charge on any atom is 0.335 e. The first-order valence-corrected chi connectivity index (χ1v) is 9.99. The number of amides is 1. The van der Waals surface area contributed by atoms with Gasteiger partial charge in [-0.15, -0.1) is 0 Å². The average molecular weight is 434 g/mol. The SMILES string of the molecule is CCN1C(=O)/C(=C/c2ccc(OCc3cccc(C(=O)O)c3)c(Cl)c2)SC1=S. The molecule has 1 N–H and O–H groups in total. The highest BCUT2D eigenvalue weighted by Crippen LogP contribution is 2.34. The van der Waals surface area contributed by atoms with Crippen LogP contribution >= 0.6 is 35.6 Å². The average Bonchev–Trinajstić information content (AvgIpc) is 2.94. The van der Waals surface area contributed by atoms with E-state index < -0.39 is 5.97 Å². The Morgan fingerprint density at radius 3 is 2.75 bits per heavy atom. The number of nitrogens with zero attached hydrogens (tertiary/aromatic N) is 1. The predicted molar refractivity (Wildman–Crippen MR) is 115 cm³/mol. The van der Waals surface area contributed by atoms with Crippen LogP contribution in [0.4, 0.5) is 0 Å². The maximum absolute atomic E-state index is 12.3. The summed E-state index contributed by atoms with van der Waals surface area (Å²) in [4.78, 5) is 25.4. The van der Waals surface area contributed by atoms with Crippen LogP contribution in [-0.2, 0) is 11.4 Å². The van der Waals surface area contributed by atoms with Crippen molar-refractivity contribution in [3.63, 3.8) is 0 Å². The van der Waals surface area contributed by atoms with E-state index in [-0.39, 0.29) is 18.1 Å². The van der Waals surface area contributed by atoms with E-state index in [2.05, 4.69) is 0 Å². The summed E-state index contributed by atoms with van der Waals surface area (Å²) in [7, 11) is 0. The molecule has 5 nitrogen and oxygen atoms in total. The molecule has 8 heteroatoms. The van der Waals surface area contributed by atoms with Crippen LogP contribution in [0.2, 0.25) is 5.02 Å². The lowest BCUT2D eigenvalue weighted by Crippen LogP contribution is -2.27. The number of carbonyl (C=O) groups excluding carboxylic acids is 1. The third-order valence-corrected chi connectivity index (χ3v) is 5.68. The molecule has 1 fully saturated rings. The molecule has 0 saturated carbocycles. The fraction of sp³-hybridized carbons (Fsp3) is 0.150. The minimum absolute atomic E-state index is 0.104. The number of thioether (sulfide) groups is 1. The summed E-state index contributed by atoms with van der Waals surface area (Å²) < 4.78 is 6.26. The van der Waals surface area contributed by atoms with Crippen molar-refractivity contribution in [2.45, 2.75) is 13.5 Å². The summed E-state index contributed by atoms with van der Waals surface area (Å²) in [5, 5.41) is 9.45. The summed E-state index contributed by atoms with van der Waals surface area (Å²) in [6.07, 6.45) is 1.75. The molecule has 0 atom stereocenters. The molecular formula is C20H16ClNO4S2. The van der Waals surface area contributed by atoms with Crippen molar-refractivity contribution in [2.24, 2.45) is 0 Å². The van der Waals surface area contributed by atoms with Crippen molar-refractivity contribution in [1.82, 2.24) is 4.90 Å². The van der Waals surface area contributed by atoms with Crippen molar-refractivity contribution < 1.29 is 19.4 Å². The molecule has 0 unspecified atom stereocenters. The Labute approximate surface area is 176 Å². The van der Waals surface area contributed by atoms with Gasteiger partial charge in [-0.1, -0.05) is 53.8 Å². The molecular weight excluding hydrogens is 418 g/mol. The van der Waals surface area contributed by atoms with Crippen molar-refractivity contribution in [3.05, 3.63) is 69.1 Å². The first kappa shape index (κ1) is 20.4. The molecule has 1 aliphatic rings. The third-order valence-electron chi connectivity index (χ3n) is 4.01. The molecule has 3 rings (SSSR count). The van der Waals surface area contributed by atoms with Crippen molar-refractivity contribution in [1.29, 1.82) is 0 Å². The highest BCUT2D eigenvalue weighted by Gasteiger charge is 2.30. The van der Waals surface area contributed by atoms with Gasteiger partial charge < -0.3 is 9.84 Å². The number of carboxylic acids is 1. The minimum Gasteiger partial charge on any atom is -0.487 e. The summed E-state index contributed by atoms with van der Waals surface area (Å²) >= 11 is 12.8. The van der Waals surface area contributed by atoms with E-state index in [0.29, 0.717) is 26.5 Å². The Hall–Kier alpha value is -2.35. The highest BCUT2D eigenvalue weighted by molar-refractivity contribution is 8.26. The van der Waals surface area contributed by atoms with Crippen molar-refractivity contribution in [3.8, 4) is 5.75 Å². The number of carbonyl (C=O) groups is 2. The van der Waals surface area contributed by atoms with Crippen LogP contribution in [0.3, 0.4) is 0 Å². The van der Waals surface area contributed by atoms with E-state index in [9.17, 15) is 9.59 Å². The molecule has 1 saturated heterocycles. The van der Waals surface area contributed by atoms with Gasteiger partial charge in [0, 0.05) is 6.54 Å². The standard InChI is InChI=1S/C20H16ClNO4S2/c1-2-22-18(23)17(28-20(22)27)10-12-6-7-16(15(21)9-12)26-11-13-4-3-5-14(8-13)19(24)25/h3-10H,2,11H2,1H3,(H,24,25)/b17-10-. The van der Waals surface area contributed by atoms with Gasteiger partial charge in [-0.25, -0.2) is 4.79 Å². The lowest BCUT2D eigenvalue weighted by Gasteiger charge is -2.10. The molecule has 28 heavy (non-hydrogen) atoms. The second kappa shape index (κ2) is 8.77. The van der Waals surface area contributed by atoms with E-state index in [0.717, 1.165) is 11.1 Å². The van der Waals surface area contributed by atoms with Gasteiger partial charge in [-0.05, 0) is 48.4 Å². The molecule has 1 heterocycles. The molecule has 2 aromatic carbocycles. The number of hydrogen-bond donors (Lipinski definition) is 1. The second-order valence-electron chi connectivity index (χ2n) is 5.91. The number of benzene rings is 2. The van der Waals surface area contributed by atoms with Gasteiger partial charge in [0.15, 0.2) is 0 Å². The van der Waals surface area contributed by atoms with Crippen LogP contribution in [0.5, 0.6) is 5.75 Å². The molecule has 0 aliphatic carbocycles. The van der Waals surface area contributed by atoms with Gasteiger partial charge in [0.25, 0.3) is 5.91 Å². The van der Waals surface area contributed by atoms with Crippen LogP contribution in [0.1, 0.15) is 28.4 Å². The van der Waals surface area contributed by atoms with Gasteiger partial charge >= 0.3 is 5.97 Å². The third kappa shape index (κ3) is 4.55. The maximum atomic E-state index is 12.3. The first-order chi connectivity index (χ1) is 13.4. The van der Waals surface area contributed by atoms with E-state index in [1.807, 2.05) is 6.92 Å². The first-order valence-electron chi connectivity index (χ1n) is 8.39. The Bertz CT molecular complexity index is 990. The Kier molecular flexibility index (Phi) is 6.39. The van der Waals surface area contributed by atoms with E-state index in [1.54, 1.807) is 47.4 Å². The lowest BCUT2D eigenvalue weighted by atomic mass is 10.1. The van der Waals surface area contributed by atoms with E-state index in [1.165, 1.54) is 17.8 Å². The number of halogens is 1. The van der Waals surface area contributed by atoms with Gasteiger partial charge in [0.05, 0.1) is 15.5 Å². The van der Waals surface area contributed by atoms with Crippen LogP contribution in [0.15, 0.2) is 47.4 Å². The van der Waals surface area contributed by atoms with Gasteiger partial charge in [0.1, 0.15) is 16.7 Å². The topological polar surface area (TPSA) is 66.8 Å². The summed E-state index contributed by atoms with van der Waals surface area (Å²) in [5.74, 6) is -0.620. The quantitative estimate of drug-likeness (QED) is 0.519.